The monoisotopic (exact) mass is 396 g/mol. The zero-order valence-electron chi connectivity index (χ0n) is 15.9. The first kappa shape index (κ1) is 21.8. The molecule has 0 aliphatic carbocycles. The molecule has 2 rings (SSSR count). The maximum atomic E-state index is 12.9. The molecule has 0 aliphatic rings. The number of benzene rings is 1. The molecule has 1 N–H and O–H groups in total. The van der Waals surface area contributed by atoms with Crippen LogP contribution in [0.5, 0.6) is 0 Å². The Bertz CT molecular complexity index is 765. The molecule has 1 heterocycles. The predicted octanol–water partition coefficient (Wildman–Crippen LogP) is 4.07. The Hall–Kier alpha value is -2.45. The van der Waals surface area contributed by atoms with Crippen molar-refractivity contribution in [3.63, 3.8) is 0 Å². The van der Waals surface area contributed by atoms with Crippen molar-refractivity contribution >= 4 is 5.91 Å². The van der Waals surface area contributed by atoms with Gasteiger partial charge in [0.1, 0.15) is 6.04 Å². The largest absolute Gasteiger partial charge is 0.416 e. The summed E-state index contributed by atoms with van der Waals surface area (Å²) in [6.45, 7) is 1.71. The van der Waals surface area contributed by atoms with Crippen LogP contribution in [0.1, 0.15) is 42.0 Å². The van der Waals surface area contributed by atoms with E-state index in [0.717, 1.165) is 12.1 Å². The molecule has 5 nitrogen and oxygen atoms in total. The maximum Gasteiger partial charge on any atom is 0.416 e. The topological polar surface area (TPSA) is 60.5 Å². The number of halogens is 3. The van der Waals surface area contributed by atoms with Gasteiger partial charge in [-0.15, -0.1) is 0 Å². The van der Waals surface area contributed by atoms with Crippen LogP contribution in [0.15, 0.2) is 48.8 Å². The van der Waals surface area contributed by atoms with Crippen LogP contribution in [-0.4, -0.2) is 31.4 Å². The smallest absolute Gasteiger partial charge is 0.353 e. The van der Waals surface area contributed by atoms with Crippen molar-refractivity contribution in [1.82, 2.24) is 10.3 Å². The van der Waals surface area contributed by atoms with Crippen LogP contribution in [0.2, 0.25) is 0 Å². The number of nitrogens with zero attached hydrogens (tertiary/aromatic N) is 1. The van der Waals surface area contributed by atoms with E-state index in [4.69, 9.17) is 9.47 Å². The standard InChI is InChI=1S/C20H23F3N2O3/c1-13(14-6-4-8-16(11-14)20(21,22)23)10-17(26)25-18(19(27-2)28-3)15-7-5-9-24-12-15/h4-9,11-13,18-19H,10H2,1-3H3,(H,25,26)/t13-,18+/m1/s1. The number of carbonyl (C=O) groups is 1. The number of hydrogen-bond donors (Lipinski definition) is 1. The van der Waals surface area contributed by atoms with Gasteiger partial charge < -0.3 is 14.8 Å². The van der Waals surface area contributed by atoms with E-state index < -0.39 is 30.0 Å². The molecular weight excluding hydrogens is 373 g/mol. The number of amides is 1. The minimum atomic E-state index is -4.42. The van der Waals surface area contributed by atoms with Gasteiger partial charge in [0.05, 0.1) is 5.56 Å². The predicted molar refractivity (Wildman–Crippen MR) is 97.4 cm³/mol. The van der Waals surface area contributed by atoms with Crippen molar-refractivity contribution in [3.8, 4) is 0 Å². The molecule has 0 aliphatic heterocycles. The second-order valence-electron chi connectivity index (χ2n) is 6.40. The molecule has 0 unspecified atom stereocenters. The summed E-state index contributed by atoms with van der Waals surface area (Å²) >= 11 is 0. The average Bonchev–Trinajstić information content (AvgIpc) is 2.68. The number of rotatable bonds is 8. The van der Waals surface area contributed by atoms with Crippen LogP contribution in [0.4, 0.5) is 13.2 Å². The second kappa shape index (κ2) is 9.66. The van der Waals surface area contributed by atoms with Crippen LogP contribution in [0, 0.1) is 0 Å². The van der Waals surface area contributed by atoms with Gasteiger partial charge in [-0.05, 0) is 29.2 Å². The summed E-state index contributed by atoms with van der Waals surface area (Å²) in [7, 11) is 2.91. The first-order valence-corrected chi connectivity index (χ1v) is 8.68. The Balaban J connectivity index is 2.12. The number of pyridine rings is 1. The van der Waals surface area contributed by atoms with E-state index in [0.29, 0.717) is 11.1 Å². The quantitative estimate of drug-likeness (QED) is 0.684. The van der Waals surface area contributed by atoms with Crippen LogP contribution in [-0.2, 0) is 20.4 Å². The molecule has 0 saturated heterocycles. The minimum absolute atomic E-state index is 0.0121. The van der Waals surface area contributed by atoms with Crippen molar-refractivity contribution in [1.29, 1.82) is 0 Å². The molecule has 2 atom stereocenters. The number of nitrogens with one attached hydrogen (secondary N) is 1. The van der Waals surface area contributed by atoms with Crippen LogP contribution in [0.3, 0.4) is 0 Å². The van der Waals surface area contributed by atoms with Gasteiger partial charge >= 0.3 is 6.18 Å². The molecule has 8 heteroatoms. The molecule has 0 bridgehead atoms. The number of hydrogen-bond acceptors (Lipinski definition) is 4. The summed E-state index contributed by atoms with van der Waals surface area (Å²) < 4.78 is 49.3. The maximum absolute atomic E-state index is 12.9. The van der Waals surface area contributed by atoms with Crippen LogP contribution < -0.4 is 5.32 Å². The summed E-state index contributed by atoms with van der Waals surface area (Å²) in [5.41, 5.74) is 0.401. The molecular formula is C20H23F3N2O3. The van der Waals surface area contributed by atoms with Gasteiger partial charge in [0, 0.05) is 33.0 Å². The molecule has 152 valence electrons. The number of alkyl halides is 3. The van der Waals surface area contributed by atoms with E-state index in [2.05, 4.69) is 10.3 Å². The fraction of sp³-hybridized carbons (Fsp3) is 0.400. The third-order valence-electron chi connectivity index (χ3n) is 4.37. The van der Waals surface area contributed by atoms with Crippen molar-refractivity contribution in [2.45, 2.75) is 37.8 Å². The fourth-order valence-corrected chi connectivity index (χ4v) is 2.89. The Morgan fingerprint density at radius 1 is 1.14 bits per heavy atom. The van der Waals surface area contributed by atoms with E-state index in [9.17, 15) is 18.0 Å². The lowest BCUT2D eigenvalue weighted by Crippen LogP contribution is -2.38. The van der Waals surface area contributed by atoms with E-state index in [1.165, 1.54) is 20.3 Å². The first-order chi connectivity index (χ1) is 13.3. The zero-order valence-corrected chi connectivity index (χ0v) is 15.9. The minimum Gasteiger partial charge on any atom is -0.353 e. The van der Waals surface area contributed by atoms with E-state index >= 15 is 0 Å². The molecule has 2 aromatic rings. The molecule has 0 radical (unpaired) electrons. The Morgan fingerprint density at radius 3 is 2.39 bits per heavy atom. The zero-order chi connectivity index (χ0) is 20.7. The van der Waals surface area contributed by atoms with E-state index in [-0.39, 0.29) is 12.3 Å². The third kappa shape index (κ3) is 5.77. The van der Waals surface area contributed by atoms with Gasteiger partial charge in [0.15, 0.2) is 6.29 Å². The molecule has 1 amide bonds. The fourth-order valence-electron chi connectivity index (χ4n) is 2.89. The highest BCUT2D eigenvalue weighted by atomic mass is 19.4. The van der Waals surface area contributed by atoms with Gasteiger partial charge in [0.25, 0.3) is 0 Å². The molecule has 0 saturated carbocycles. The second-order valence-corrected chi connectivity index (χ2v) is 6.40. The lowest BCUT2D eigenvalue weighted by atomic mass is 9.95. The van der Waals surface area contributed by atoms with Crippen LogP contribution >= 0.6 is 0 Å². The summed E-state index contributed by atoms with van der Waals surface area (Å²) in [5.74, 6) is -0.738. The van der Waals surface area contributed by atoms with E-state index in [1.807, 2.05) is 0 Å². The van der Waals surface area contributed by atoms with Gasteiger partial charge in [0.2, 0.25) is 5.91 Å². The normalized spacial score (nSPS) is 14.0. The Morgan fingerprint density at radius 2 is 1.82 bits per heavy atom. The molecule has 28 heavy (non-hydrogen) atoms. The lowest BCUT2D eigenvalue weighted by molar-refractivity contribution is -0.138. The number of methoxy groups -OCH3 is 2. The summed E-state index contributed by atoms with van der Waals surface area (Å²) in [4.78, 5) is 16.6. The summed E-state index contributed by atoms with van der Waals surface area (Å²) in [6.07, 6.45) is -1.96. The molecule has 0 spiro atoms. The molecule has 0 fully saturated rings. The third-order valence-corrected chi connectivity index (χ3v) is 4.37. The molecule has 1 aromatic carbocycles. The summed E-state index contributed by atoms with van der Waals surface area (Å²) in [5, 5.41) is 2.83. The van der Waals surface area contributed by atoms with Crippen LogP contribution in [0.25, 0.3) is 0 Å². The Labute approximate surface area is 161 Å². The van der Waals surface area contributed by atoms with E-state index in [1.54, 1.807) is 37.5 Å². The number of aromatic nitrogens is 1. The number of ether oxygens (including phenoxy) is 2. The highest BCUT2D eigenvalue weighted by Crippen LogP contribution is 2.32. The van der Waals surface area contributed by atoms with Gasteiger partial charge in [-0.2, -0.15) is 13.2 Å². The van der Waals surface area contributed by atoms with Crippen molar-refractivity contribution in [3.05, 3.63) is 65.5 Å². The molecule has 1 aromatic heterocycles. The Kier molecular flexibility index (Phi) is 7.53. The average molecular weight is 396 g/mol. The van der Waals surface area contributed by atoms with Gasteiger partial charge in [-0.1, -0.05) is 31.2 Å². The number of carbonyl (C=O) groups excluding carboxylic acids is 1. The van der Waals surface area contributed by atoms with Crippen molar-refractivity contribution in [2.24, 2.45) is 0 Å². The lowest BCUT2D eigenvalue weighted by Gasteiger charge is -2.26. The van der Waals surface area contributed by atoms with Gasteiger partial charge in [-0.25, -0.2) is 0 Å². The highest BCUT2D eigenvalue weighted by molar-refractivity contribution is 5.77. The summed E-state index contributed by atoms with van der Waals surface area (Å²) in [6, 6.07) is 7.90. The SMILES string of the molecule is COC(OC)[C@@H](NC(=O)C[C@@H](C)c1cccc(C(F)(F)F)c1)c1cccnc1. The van der Waals surface area contributed by atoms with Crippen molar-refractivity contribution in [2.75, 3.05) is 14.2 Å². The highest BCUT2D eigenvalue weighted by Gasteiger charge is 2.31. The van der Waals surface area contributed by atoms with Crippen molar-refractivity contribution < 1.29 is 27.4 Å². The van der Waals surface area contributed by atoms with Gasteiger partial charge in [-0.3, -0.25) is 9.78 Å². The first-order valence-electron chi connectivity index (χ1n) is 8.68.